The number of thiophene rings is 1. The minimum absolute atomic E-state index is 0.572. The Labute approximate surface area is 804 Å². The van der Waals surface area contributed by atoms with Crippen molar-refractivity contribution in [3.05, 3.63) is 550 Å². The molecular formula is C128H76N2S5. The maximum atomic E-state index is 2.63. The number of anilines is 6. The van der Waals surface area contributed by atoms with Crippen LogP contribution in [0.5, 0.6) is 0 Å². The van der Waals surface area contributed by atoms with Crippen LogP contribution < -0.4 is 9.80 Å². The molecule has 21 aromatic carbocycles. The summed E-state index contributed by atoms with van der Waals surface area (Å²) < 4.78 is 2.61. The summed E-state index contributed by atoms with van der Waals surface area (Å²) in [6.45, 7) is 0. The molecule has 0 radical (unpaired) electrons. The summed E-state index contributed by atoms with van der Waals surface area (Å²) in [6.07, 6.45) is 0. The first-order valence-electron chi connectivity index (χ1n) is 46.6. The summed E-state index contributed by atoms with van der Waals surface area (Å²) in [5, 5.41) is 4.99. The number of nitrogens with zero attached hydrogens (tertiary/aromatic N) is 2. The van der Waals surface area contributed by atoms with Gasteiger partial charge in [-0.15, -0.1) is 11.3 Å². The highest BCUT2D eigenvalue weighted by Crippen LogP contribution is 2.71. The molecule has 1 unspecified atom stereocenters. The van der Waals surface area contributed by atoms with Crippen LogP contribution in [-0.2, 0) is 21.7 Å². The average molecular weight is 1800 g/mol. The van der Waals surface area contributed by atoms with Crippen LogP contribution in [0.3, 0.4) is 0 Å². The van der Waals surface area contributed by atoms with E-state index in [0.717, 1.165) is 34.1 Å². The summed E-state index contributed by atoms with van der Waals surface area (Å²) in [4.78, 5) is 15.4. The topological polar surface area (TPSA) is 6.48 Å². The van der Waals surface area contributed by atoms with Crippen LogP contribution >= 0.6 is 58.4 Å². The summed E-state index contributed by atoms with van der Waals surface area (Å²) in [5.74, 6) is 0. The molecule has 22 aromatic rings. The number of hydrogen-bond donors (Lipinski definition) is 0. The molecule has 4 spiro atoms. The molecule has 1 aromatic heterocycles. The molecular weight excluding hydrogens is 1730 g/mol. The van der Waals surface area contributed by atoms with Crippen LogP contribution in [-0.4, -0.2) is 0 Å². The molecule has 0 saturated heterocycles. The predicted octanol–water partition coefficient (Wildman–Crippen LogP) is 34.8. The Balaban J connectivity index is 0.600. The fraction of sp³-hybridized carbons (Fsp3) is 0.0312. The minimum atomic E-state index is -0.744. The zero-order valence-electron chi connectivity index (χ0n) is 72.8. The van der Waals surface area contributed by atoms with E-state index in [-0.39, 0.29) is 0 Å². The normalized spacial score (nSPS) is 15.5. The molecule has 2 nitrogen and oxygen atoms in total. The molecule has 0 fully saturated rings. The van der Waals surface area contributed by atoms with Crippen molar-refractivity contribution >= 4 is 123 Å². The second-order valence-corrected chi connectivity index (χ2v) is 42.3. The number of fused-ring (bicyclic) bond motifs is 40. The third-order valence-corrected chi connectivity index (χ3v) is 36.4. The Bertz CT molecular complexity index is 8820. The maximum absolute atomic E-state index is 2.63. The lowest BCUT2D eigenvalue weighted by Crippen LogP contribution is -2.32. The fourth-order valence-corrected chi connectivity index (χ4v) is 31.5. The van der Waals surface area contributed by atoms with Gasteiger partial charge in [0.2, 0.25) is 0 Å². The van der Waals surface area contributed by atoms with E-state index in [1.165, 1.54) is 226 Å². The van der Waals surface area contributed by atoms with E-state index in [2.05, 4.69) is 471 Å². The molecule has 5 heterocycles. The lowest BCUT2D eigenvalue weighted by Gasteiger charge is -2.40. The van der Waals surface area contributed by atoms with Crippen molar-refractivity contribution in [2.75, 3.05) is 9.80 Å². The largest absolute Gasteiger partial charge is 0.310 e. The number of rotatable bonds is 8. The summed E-state index contributed by atoms with van der Waals surface area (Å²) in [5.41, 5.74) is 39.5. The van der Waals surface area contributed by atoms with E-state index >= 15 is 0 Å². The van der Waals surface area contributed by atoms with E-state index in [1.54, 1.807) is 0 Å². The van der Waals surface area contributed by atoms with Crippen molar-refractivity contribution in [1.82, 2.24) is 0 Å². The van der Waals surface area contributed by atoms with Crippen LogP contribution in [0, 0.1) is 0 Å². The van der Waals surface area contributed by atoms with Gasteiger partial charge in [-0.25, -0.2) is 0 Å². The maximum Gasteiger partial charge on any atom is 0.0736 e. The molecule has 8 aliphatic rings. The van der Waals surface area contributed by atoms with E-state index in [9.17, 15) is 0 Å². The van der Waals surface area contributed by atoms with E-state index in [0.29, 0.717) is 0 Å². The first-order valence-corrected chi connectivity index (χ1v) is 50.6. The van der Waals surface area contributed by atoms with Crippen LogP contribution in [0.4, 0.5) is 34.1 Å². The Morgan fingerprint density at radius 2 is 0.481 bits per heavy atom. The molecule has 0 saturated carbocycles. The van der Waals surface area contributed by atoms with Gasteiger partial charge in [-0.1, -0.05) is 387 Å². The standard InChI is InChI=1S/C128H76N2S5/c1-2-30-85-78(28-1)29-25-47-110(85)130(112-49-27-46-106-124(112)93-34-5-8-36-95(93)125(106)97-38-10-18-51-114(97)132-115-52-19-11-39-98(115)125)84-66-70-89-87-67-60-79(72-107(87)128(109(89)76-84)102-43-15-22-55-118(102)134-119-56-23-16-44-103(119)128)81-62-71-104-122(74-81)135-120-57-24-12-40-99(120)126(104)96-37-9-4-33-92(96)123-105(126)45-26-48-111(123)129(82-63-58-77(59-64-82)80-61-68-91-90-32-6-17-50-113(90)131-121(91)73-80)83-65-69-88-86-31-3-7-35-94(86)127(108(88)75-83)100-41-13-20-53-116(100)133-117-54-21-14-42-101(117)127/h1-76H. The Morgan fingerprint density at radius 3 is 1.01 bits per heavy atom. The lowest BCUT2D eigenvalue weighted by molar-refractivity contribution is 0.721. The fourth-order valence-electron chi connectivity index (χ4n) is 25.5. The monoisotopic (exact) mass is 1800 g/mol. The van der Waals surface area contributed by atoms with Gasteiger partial charge in [0.15, 0.2) is 0 Å². The molecule has 0 N–H and O–H groups in total. The molecule has 4 aliphatic heterocycles. The Kier molecular flexibility index (Phi) is 16.4. The van der Waals surface area contributed by atoms with E-state index in [4.69, 9.17) is 0 Å². The molecule has 0 amide bonds. The second-order valence-electron chi connectivity index (χ2n) is 36.9. The Hall–Kier alpha value is -14.9. The van der Waals surface area contributed by atoms with Crippen molar-refractivity contribution < 1.29 is 0 Å². The van der Waals surface area contributed by atoms with Gasteiger partial charge >= 0.3 is 0 Å². The molecule has 628 valence electrons. The van der Waals surface area contributed by atoms with E-state index in [1.807, 2.05) is 58.4 Å². The van der Waals surface area contributed by atoms with Crippen LogP contribution in [0.25, 0.3) is 97.7 Å². The highest BCUT2D eigenvalue weighted by Gasteiger charge is 2.57. The molecule has 135 heavy (non-hydrogen) atoms. The van der Waals surface area contributed by atoms with Crippen LogP contribution in [0.2, 0.25) is 0 Å². The average Bonchev–Trinajstić information content (AvgIpc) is 1.53. The van der Waals surface area contributed by atoms with Gasteiger partial charge < -0.3 is 9.80 Å². The van der Waals surface area contributed by atoms with Gasteiger partial charge in [-0.05, 0) is 271 Å². The van der Waals surface area contributed by atoms with Crippen LogP contribution in [0.15, 0.2) is 500 Å². The summed E-state index contributed by atoms with van der Waals surface area (Å²) in [6, 6.07) is 178. The third-order valence-electron chi connectivity index (χ3n) is 30.7. The first-order chi connectivity index (χ1) is 66.9. The predicted molar refractivity (Wildman–Crippen MR) is 563 cm³/mol. The van der Waals surface area contributed by atoms with Crippen molar-refractivity contribution in [2.45, 2.75) is 60.8 Å². The van der Waals surface area contributed by atoms with Gasteiger partial charge in [0, 0.05) is 92.9 Å². The molecule has 4 aliphatic carbocycles. The van der Waals surface area contributed by atoms with Gasteiger partial charge in [0.1, 0.15) is 0 Å². The smallest absolute Gasteiger partial charge is 0.0736 e. The molecule has 0 bridgehead atoms. The SMILES string of the molecule is c1ccc2c(c1)Sc1ccccc1C21c2ccccc2-c2ccc(N(c3ccc(-c4ccc5c(c4)sc4ccccc45)cc3)c3cccc4c3-c3ccccc3C43c4ccccc4Sc4cc(-c5ccc6c(c5)C5(c7ccccc7Sc7ccccc75)c5cc(N(c7cccc8c7-c7ccccc7C87c8ccccc8Sc8ccccc87)c7cccc8ccccc78)ccc5-6)ccc43)cc21. The molecule has 7 heteroatoms. The van der Waals surface area contributed by atoms with Crippen molar-refractivity contribution in [3.8, 4) is 66.8 Å². The first kappa shape index (κ1) is 76.6. The van der Waals surface area contributed by atoms with Gasteiger partial charge in [0.25, 0.3) is 0 Å². The zero-order chi connectivity index (χ0) is 88.1. The Morgan fingerprint density at radius 1 is 0.163 bits per heavy atom. The minimum Gasteiger partial charge on any atom is -0.310 e. The molecule has 30 rings (SSSR count). The quantitative estimate of drug-likeness (QED) is 0.149. The highest BCUT2D eigenvalue weighted by atomic mass is 32.2. The zero-order valence-corrected chi connectivity index (χ0v) is 76.9. The lowest BCUT2D eigenvalue weighted by atomic mass is 9.66. The number of benzene rings is 21. The van der Waals surface area contributed by atoms with Gasteiger partial charge in [-0.3, -0.25) is 0 Å². The summed E-state index contributed by atoms with van der Waals surface area (Å²) >= 11 is 9.48. The number of hydrogen-bond acceptors (Lipinski definition) is 7. The van der Waals surface area contributed by atoms with Crippen molar-refractivity contribution in [3.63, 3.8) is 0 Å². The summed E-state index contributed by atoms with van der Waals surface area (Å²) in [7, 11) is 0. The third kappa shape index (κ3) is 10.3. The highest BCUT2D eigenvalue weighted by molar-refractivity contribution is 8.00. The van der Waals surface area contributed by atoms with Crippen molar-refractivity contribution in [1.29, 1.82) is 0 Å². The second kappa shape index (κ2) is 28.8. The molecule has 1 atom stereocenters. The van der Waals surface area contributed by atoms with Crippen LogP contribution in [0.1, 0.15) is 89.0 Å². The van der Waals surface area contributed by atoms with Gasteiger partial charge in [-0.2, -0.15) is 0 Å². The van der Waals surface area contributed by atoms with Gasteiger partial charge in [0.05, 0.1) is 38.7 Å². The van der Waals surface area contributed by atoms with E-state index < -0.39 is 21.7 Å². The van der Waals surface area contributed by atoms with Crippen molar-refractivity contribution in [2.24, 2.45) is 0 Å².